The Labute approximate surface area is 113 Å². The molecule has 1 aliphatic heterocycles. The van der Waals surface area contributed by atoms with Crippen LogP contribution in [-0.4, -0.2) is 55.5 Å². The lowest BCUT2D eigenvalue weighted by Gasteiger charge is -2.34. The standard InChI is InChI=1S/C14H20FN3O/c1-17-8-7-16-9-13(17)14(19)18(2)10-11-5-3-4-6-12(11)15/h3-6,13,16H,7-10H2,1-2H3. The Morgan fingerprint density at radius 1 is 1.53 bits per heavy atom. The first-order valence-corrected chi connectivity index (χ1v) is 6.49. The lowest BCUT2D eigenvalue weighted by molar-refractivity contribution is -0.136. The van der Waals surface area contributed by atoms with Crippen LogP contribution in [0.3, 0.4) is 0 Å². The van der Waals surface area contributed by atoms with Gasteiger partial charge in [0.25, 0.3) is 0 Å². The number of carbonyl (C=O) groups is 1. The van der Waals surface area contributed by atoms with Gasteiger partial charge in [-0.2, -0.15) is 0 Å². The molecular formula is C14H20FN3O. The van der Waals surface area contributed by atoms with Gasteiger partial charge in [0.05, 0.1) is 0 Å². The molecule has 1 aliphatic rings. The summed E-state index contributed by atoms with van der Waals surface area (Å²) < 4.78 is 13.6. The van der Waals surface area contributed by atoms with Crippen molar-refractivity contribution in [3.05, 3.63) is 35.6 Å². The maximum atomic E-state index is 13.6. The number of nitrogens with one attached hydrogen (secondary N) is 1. The van der Waals surface area contributed by atoms with E-state index in [1.165, 1.54) is 6.07 Å². The van der Waals surface area contributed by atoms with Crippen LogP contribution in [0.2, 0.25) is 0 Å². The molecule has 0 bridgehead atoms. The Balaban J connectivity index is 2.01. The summed E-state index contributed by atoms with van der Waals surface area (Å²) in [6.45, 7) is 2.70. The molecule has 1 atom stereocenters. The fraction of sp³-hybridized carbons (Fsp3) is 0.500. The number of nitrogens with zero attached hydrogens (tertiary/aromatic N) is 2. The van der Waals surface area contributed by atoms with Crippen molar-refractivity contribution in [3.8, 4) is 0 Å². The zero-order chi connectivity index (χ0) is 13.8. The van der Waals surface area contributed by atoms with Crippen molar-refractivity contribution in [2.75, 3.05) is 33.7 Å². The number of halogens is 1. The van der Waals surface area contributed by atoms with Crippen LogP contribution in [0, 0.1) is 5.82 Å². The summed E-state index contributed by atoms with van der Waals surface area (Å²) in [5, 5.41) is 3.21. The van der Waals surface area contributed by atoms with Crippen molar-refractivity contribution < 1.29 is 9.18 Å². The number of piperazine rings is 1. The number of benzene rings is 1. The first-order valence-electron chi connectivity index (χ1n) is 6.49. The summed E-state index contributed by atoms with van der Waals surface area (Å²) >= 11 is 0. The zero-order valence-electron chi connectivity index (χ0n) is 11.4. The van der Waals surface area contributed by atoms with E-state index in [0.717, 1.165) is 13.1 Å². The number of hydrogen-bond donors (Lipinski definition) is 1. The third kappa shape index (κ3) is 3.30. The molecular weight excluding hydrogens is 245 g/mol. The predicted molar refractivity (Wildman–Crippen MR) is 72.2 cm³/mol. The summed E-state index contributed by atoms with van der Waals surface area (Å²) in [5.74, 6) is -0.241. The molecule has 1 saturated heterocycles. The van der Waals surface area contributed by atoms with E-state index in [1.807, 2.05) is 11.9 Å². The molecule has 1 aromatic carbocycles. The average Bonchev–Trinajstić information content (AvgIpc) is 2.41. The monoisotopic (exact) mass is 265 g/mol. The Hall–Kier alpha value is -1.46. The Kier molecular flexibility index (Phi) is 4.50. The van der Waals surface area contributed by atoms with Crippen molar-refractivity contribution in [1.29, 1.82) is 0 Å². The van der Waals surface area contributed by atoms with Gasteiger partial charge in [0, 0.05) is 38.8 Å². The van der Waals surface area contributed by atoms with Gasteiger partial charge in [0.2, 0.25) is 5.91 Å². The molecule has 104 valence electrons. The topological polar surface area (TPSA) is 35.6 Å². The second kappa shape index (κ2) is 6.12. The summed E-state index contributed by atoms with van der Waals surface area (Å²) in [7, 11) is 3.66. The molecule has 1 N–H and O–H groups in total. The molecule has 0 saturated carbocycles. The molecule has 1 unspecified atom stereocenters. The SMILES string of the molecule is CN(Cc1ccccc1F)C(=O)C1CNCCN1C. The highest BCUT2D eigenvalue weighted by atomic mass is 19.1. The number of hydrogen-bond acceptors (Lipinski definition) is 3. The number of rotatable bonds is 3. The smallest absolute Gasteiger partial charge is 0.241 e. The minimum Gasteiger partial charge on any atom is -0.340 e. The van der Waals surface area contributed by atoms with Crippen molar-refractivity contribution in [1.82, 2.24) is 15.1 Å². The fourth-order valence-corrected chi connectivity index (χ4v) is 2.30. The van der Waals surface area contributed by atoms with Crippen LogP contribution in [0.25, 0.3) is 0 Å². The van der Waals surface area contributed by atoms with E-state index in [2.05, 4.69) is 5.32 Å². The van der Waals surface area contributed by atoms with Gasteiger partial charge < -0.3 is 10.2 Å². The maximum absolute atomic E-state index is 13.6. The molecule has 4 nitrogen and oxygen atoms in total. The molecule has 0 aliphatic carbocycles. The van der Waals surface area contributed by atoms with E-state index in [0.29, 0.717) is 18.7 Å². The molecule has 0 spiro atoms. The van der Waals surface area contributed by atoms with Gasteiger partial charge in [-0.05, 0) is 13.1 Å². The predicted octanol–water partition coefficient (Wildman–Crippen LogP) is 0.688. The molecule has 0 aromatic heterocycles. The number of likely N-dealkylation sites (N-methyl/N-ethyl adjacent to an activating group) is 2. The molecule has 2 rings (SSSR count). The second-order valence-electron chi connectivity index (χ2n) is 4.99. The first kappa shape index (κ1) is 14.0. The van der Waals surface area contributed by atoms with Crippen LogP contribution in [0.15, 0.2) is 24.3 Å². The molecule has 1 fully saturated rings. The van der Waals surface area contributed by atoms with Gasteiger partial charge >= 0.3 is 0 Å². The van der Waals surface area contributed by atoms with E-state index in [9.17, 15) is 9.18 Å². The second-order valence-corrected chi connectivity index (χ2v) is 4.99. The summed E-state index contributed by atoms with van der Waals surface area (Å²) in [6, 6.07) is 6.40. The van der Waals surface area contributed by atoms with Gasteiger partial charge in [-0.25, -0.2) is 4.39 Å². The van der Waals surface area contributed by atoms with Gasteiger partial charge in [-0.1, -0.05) is 18.2 Å². The normalized spacial score (nSPS) is 20.3. The largest absolute Gasteiger partial charge is 0.340 e. The minimum atomic E-state index is -0.266. The molecule has 0 radical (unpaired) electrons. The lowest BCUT2D eigenvalue weighted by atomic mass is 10.1. The summed E-state index contributed by atoms with van der Waals surface area (Å²) in [6.07, 6.45) is 0. The highest BCUT2D eigenvalue weighted by Crippen LogP contribution is 2.11. The quantitative estimate of drug-likeness (QED) is 0.873. The van der Waals surface area contributed by atoms with Crippen LogP contribution in [0.5, 0.6) is 0 Å². The van der Waals surface area contributed by atoms with Gasteiger partial charge in [0.15, 0.2) is 0 Å². The zero-order valence-corrected chi connectivity index (χ0v) is 11.4. The highest BCUT2D eigenvalue weighted by molar-refractivity contribution is 5.82. The number of carbonyl (C=O) groups excluding carboxylic acids is 1. The van der Waals surface area contributed by atoms with Gasteiger partial charge in [0.1, 0.15) is 11.9 Å². The third-order valence-corrected chi connectivity index (χ3v) is 3.54. The Bertz CT molecular complexity index is 452. The highest BCUT2D eigenvalue weighted by Gasteiger charge is 2.28. The lowest BCUT2D eigenvalue weighted by Crippen LogP contribution is -2.56. The van der Waals surface area contributed by atoms with Gasteiger partial charge in [-0.3, -0.25) is 9.69 Å². The summed E-state index contributed by atoms with van der Waals surface area (Å²) in [5.41, 5.74) is 0.546. The number of amides is 1. The van der Waals surface area contributed by atoms with Crippen molar-refractivity contribution in [3.63, 3.8) is 0 Å². The maximum Gasteiger partial charge on any atom is 0.241 e. The van der Waals surface area contributed by atoms with Crippen molar-refractivity contribution >= 4 is 5.91 Å². The van der Waals surface area contributed by atoms with E-state index in [1.54, 1.807) is 30.1 Å². The molecule has 1 heterocycles. The van der Waals surface area contributed by atoms with Crippen LogP contribution in [0.4, 0.5) is 4.39 Å². The fourth-order valence-electron chi connectivity index (χ4n) is 2.30. The van der Waals surface area contributed by atoms with E-state index >= 15 is 0 Å². The Morgan fingerprint density at radius 3 is 2.95 bits per heavy atom. The van der Waals surface area contributed by atoms with Crippen LogP contribution < -0.4 is 5.32 Å². The average molecular weight is 265 g/mol. The van der Waals surface area contributed by atoms with E-state index < -0.39 is 0 Å². The van der Waals surface area contributed by atoms with E-state index in [-0.39, 0.29) is 17.8 Å². The minimum absolute atomic E-state index is 0.0259. The van der Waals surface area contributed by atoms with Crippen LogP contribution in [0.1, 0.15) is 5.56 Å². The van der Waals surface area contributed by atoms with Crippen LogP contribution in [-0.2, 0) is 11.3 Å². The Morgan fingerprint density at radius 2 is 2.26 bits per heavy atom. The van der Waals surface area contributed by atoms with Crippen LogP contribution >= 0.6 is 0 Å². The molecule has 1 amide bonds. The first-order chi connectivity index (χ1) is 9.09. The third-order valence-electron chi connectivity index (χ3n) is 3.54. The van der Waals surface area contributed by atoms with E-state index in [4.69, 9.17) is 0 Å². The molecule has 5 heteroatoms. The molecule has 1 aromatic rings. The molecule has 19 heavy (non-hydrogen) atoms. The van der Waals surface area contributed by atoms with Gasteiger partial charge in [-0.15, -0.1) is 0 Å². The van der Waals surface area contributed by atoms with Crippen molar-refractivity contribution in [2.24, 2.45) is 0 Å². The van der Waals surface area contributed by atoms with Crippen molar-refractivity contribution in [2.45, 2.75) is 12.6 Å². The summed E-state index contributed by atoms with van der Waals surface area (Å²) in [4.78, 5) is 16.0.